The average molecular weight is 269 g/mol. The van der Waals surface area contributed by atoms with Gasteiger partial charge in [-0.1, -0.05) is 0 Å². The molecule has 19 heavy (non-hydrogen) atoms. The van der Waals surface area contributed by atoms with Gasteiger partial charge in [-0.2, -0.15) is 13.2 Å². The molecular formula is C11H10F3N5. The summed E-state index contributed by atoms with van der Waals surface area (Å²) in [6, 6.07) is 6.15. The number of rotatable bonds is 3. The van der Waals surface area contributed by atoms with Crippen molar-refractivity contribution in [3.8, 4) is 0 Å². The van der Waals surface area contributed by atoms with Crippen LogP contribution in [0.25, 0.3) is 0 Å². The molecule has 100 valence electrons. The van der Waals surface area contributed by atoms with Gasteiger partial charge >= 0.3 is 6.18 Å². The fourth-order valence-corrected chi connectivity index (χ4v) is 1.40. The lowest BCUT2D eigenvalue weighted by Crippen LogP contribution is -2.09. The first-order chi connectivity index (χ1) is 8.99. The quantitative estimate of drug-likeness (QED) is 0.589. The van der Waals surface area contributed by atoms with Gasteiger partial charge in [0.1, 0.15) is 18.0 Å². The first-order valence-corrected chi connectivity index (χ1v) is 5.22. The first-order valence-electron chi connectivity index (χ1n) is 5.22. The van der Waals surface area contributed by atoms with E-state index in [0.29, 0.717) is 17.3 Å². The number of nitrogen functional groups attached to an aromatic ring is 1. The van der Waals surface area contributed by atoms with Crippen LogP contribution < -0.4 is 16.6 Å². The highest BCUT2D eigenvalue weighted by molar-refractivity contribution is 5.58. The monoisotopic (exact) mass is 269 g/mol. The minimum atomic E-state index is -4.34. The molecule has 0 aliphatic carbocycles. The predicted molar refractivity (Wildman–Crippen MR) is 64.6 cm³/mol. The summed E-state index contributed by atoms with van der Waals surface area (Å²) < 4.78 is 37.1. The summed E-state index contributed by atoms with van der Waals surface area (Å²) in [5, 5.41) is 2.84. The van der Waals surface area contributed by atoms with Gasteiger partial charge in [-0.25, -0.2) is 15.8 Å². The van der Waals surface area contributed by atoms with Gasteiger partial charge in [0.25, 0.3) is 0 Å². The van der Waals surface area contributed by atoms with Gasteiger partial charge in [0.15, 0.2) is 0 Å². The minimum absolute atomic E-state index is 0.393. The second-order valence-corrected chi connectivity index (χ2v) is 3.63. The van der Waals surface area contributed by atoms with E-state index in [9.17, 15) is 13.2 Å². The lowest BCUT2D eigenvalue weighted by Gasteiger charge is -2.09. The summed E-state index contributed by atoms with van der Waals surface area (Å²) in [5.74, 6) is 6.00. The fraction of sp³-hybridized carbons (Fsp3) is 0.0909. The van der Waals surface area contributed by atoms with E-state index in [2.05, 4.69) is 20.7 Å². The molecule has 8 heteroatoms. The Labute approximate surface area is 106 Å². The maximum absolute atomic E-state index is 12.4. The third-order valence-corrected chi connectivity index (χ3v) is 2.30. The molecule has 0 aliphatic heterocycles. The topological polar surface area (TPSA) is 75.9 Å². The molecule has 0 unspecified atom stereocenters. The summed E-state index contributed by atoms with van der Waals surface area (Å²) in [7, 11) is 0. The van der Waals surface area contributed by atoms with Gasteiger partial charge in [0.05, 0.1) is 5.56 Å². The highest BCUT2D eigenvalue weighted by atomic mass is 19.4. The standard InChI is InChI=1S/C11H10F3N5/c12-11(13,14)7-1-3-8(4-2-7)18-9-5-10(19-15)17-6-16-9/h1-6H,15H2,(H2,16,17,18,19). The van der Waals surface area contributed by atoms with E-state index in [1.54, 1.807) is 0 Å². The van der Waals surface area contributed by atoms with Crippen molar-refractivity contribution < 1.29 is 13.2 Å². The molecule has 0 saturated carbocycles. The van der Waals surface area contributed by atoms with Crippen LogP contribution in [0, 0.1) is 0 Å². The Balaban J connectivity index is 2.15. The van der Waals surface area contributed by atoms with Crippen LogP contribution in [0.2, 0.25) is 0 Å². The van der Waals surface area contributed by atoms with Crippen molar-refractivity contribution in [2.24, 2.45) is 5.84 Å². The number of nitrogens with two attached hydrogens (primary N) is 1. The number of nitrogens with zero attached hydrogens (tertiary/aromatic N) is 2. The van der Waals surface area contributed by atoms with Crippen molar-refractivity contribution in [3.63, 3.8) is 0 Å². The van der Waals surface area contributed by atoms with E-state index in [1.807, 2.05) is 0 Å². The van der Waals surface area contributed by atoms with E-state index in [1.165, 1.54) is 24.5 Å². The lowest BCUT2D eigenvalue weighted by atomic mass is 10.2. The molecule has 2 rings (SSSR count). The molecule has 1 aromatic heterocycles. The third kappa shape index (κ3) is 3.32. The normalized spacial score (nSPS) is 11.2. The molecule has 0 spiro atoms. The van der Waals surface area contributed by atoms with Crippen molar-refractivity contribution in [3.05, 3.63) is 42.2 Å². The highest BCUT2D eigenvalue weighted by Crippen LogP contribution is 2.30. The van der Waals surface area contributed by atoms with Gasteiger partial charge in [-0.15, -0.1) is 0 Å². The molecular weight excluding hydrogens is 259 g/mol. The van der Waals surface area contributed by atoms with Gasteiger partial charge in [0.2, 0.25) is 0 Å². The van der Waals surface area contributed by atoms with Gasteiger partial charge in [-0.3, -0.25) is 0 Å². The zero-order chi connectivity index (χ0) is 13.9. The fourth-order valence-electron chi connectivity index (χ4n) is 1.40. The molecule has 5 nitrogen and oxygen atoms in total. The van der Waals surface area contributed by atoms with Crippen LogP contribution in [0.3, 0.4) is 0 Å². The Morgan fingerprint density at radius 3 is 2.21 bits per heavy atom. The first kappa shape index (κ1) is 13.1. The summed E-state index contributed by atoms with van der Waals surface area (Å²) in [4.78, 5) is 7.72. The van der Waals surface area contributed by atoms with E-state index in [4.69, 9.17) is 5.84 Å². The molecule has 1 heterocycles. The molecule has 0 aliphatic rings. The Kier molecular flexibility index (Phi) is 3.52. The molecule has 1 aromatic carbocycles. The Morgan fingerprint density at radius 2 is 1.63 bits per heavy atom. The van der Waals surface area contributed by atoms with Gasteiger partial charge < -0.3 is 10.7 Å². The molecule has 4 N–H and O–H groups in total. The number of hydrogen-bond acceptors (Lipinski definition) is 5. The van der Waals surface area contributed by atoms with Gasteiger partial charge in [-0.05, 0) is 24.3 Å². The van der Waals surface area contributed by atoms with E-state index >= 15 is 0 Å². The Bertz CT molecular complexity index is 553. The zero-order valence-corrected chi connectivity index (χ0v) is 9.57. The van der Waals surface area contributed by atoms with Crippen molar-refractivity contribution in [2.75, 3.05) is 10.7 Å². The number of alkyl halides is 3. The predicted octanol–water partition coefficient (Wildman–Crippen LogP) is 2.52. The number of anilines is 3. The molecule has 0 fully saturated rings. The smallest absolute Gasteiger partial charge is 0.340 e. The number of aromatic nitrogens is 2. The number of hydrogen-bond donors (Lipinski definition) is 3. The largest absolute Gasteiger partial charge is 0.416 e. The number of nitrogens with one attached hydrogen (secondary N) is 2. The summed E-state index contributed by atoms with van der Waals surface area (Å²) >= 11 is 0. The van der Waals surface area contributed by atoms with E-state index in [-0.39, 0.29) is 0 Å². The molecule has 0 saturated heterocycles. The van der Waals surface area contributed by atoms with E-state index < -0.39 is 11.7 Å². The number of halogens is 3. The summed E-state index contributed by atoms with van der Waals surface area (Å²) in [6.07, 6.45) is -3.06. The van der Waals surface area contributed by atoms with Crippen LogP contribution >= 0.6 is 0 Å². The van der Waals surface area contributed by atoms with Crippen LogP contribution in [0.1, 0.15) is 5.56 Å². The maximum atomic E-state index is 12.4. The Hall–Kier alpha value is -2.35. The highest BCUT2D eigenvalue weighted by Gasteiger charge is 2.29. The van der Waals surface area contributed by atoms with Gasteiger partial charge in [0, 0.05) is 11.8 Å². The van der Waals surface area contributed by atoms with Crippen molar-refractivity contribution in [1.82, 2.24) is 9.97 Å². The zero-order valence-electron chi connectivity index (χ0n) is 9.57. The SMILES string of the molecule is NNc1cc(Nc2ccc(C(F)(F)F)cc2)ncn1. The number of hydrazine groups is 1. The molecule has 0 atom stereocenters. The maximum Gasteiger partial charge on any atom is 0.416 e. The second kappa shape index (κ2) is 5.11. The Morgan fingerprint density at radius 1 is 1.00 bits per heavy atom. The van der Waals surface area contributed by atoms with Crippen molar-refractivity contribution >= 4 is 17.3 Å². The van der Waals surface area contributed by atoms with Crippen LogP contribution in [0.15, 0.2) is 36.7 Å². The van der Waals surface area contributed by atoms with E-state index in [0.717, 1.165) is 12.1 Å². The minimum Gasteiger partial charge on any atom is -0.340 e. The average Bonchev–Trinajstić information content (AvgIpc) is 2.38. The number of benzene rings is 1. The summed E-state index contributed by atoms with van der Waals surface area (Å²) in [6.45, 7) is 0. The van der Waals surface area contributed by atoms with Crippen LogP contribution in [-0.4, -0.2) is 9.97 Å². The lowest BCUT2D eigenvalue weighted by molar-refractivity contribution is -0.137. The molecule has 2 aromatic rings. The molecule has 0 bridgehead atoms. The van der Waals surface area contributed by atoms with Crippen LogP contribution in [0.5, 0.6) is 0 Å². The molecule has 0 amide bonds. The second-order valence-electron chi connectivity index (χ2n) is 3.63. The van der Waals surface area contributed by atoms with Crippen molar-refractivity contribution in [2.45, 2.75) is 6.18 Å². The van der Waals surface area contributed by atoms with Crippen LogP contribution in [-0.2, 0) is 6.18 Å². The van der Waals surface area contributed by atoms with Crippen LogP contribution in [0.4, 0.5) is 30.5 Å². The third-order valence-electron chi connectivity index (χ3n) is 2.30. The van der Waals surface area contributed by atoms with Crippen molar-refractivity contribution in [1.29, 1.82) is 0 Å². The summed E-state index contributed by atoms with van der Waals surface area (Å²) in [5.41, 5.74) is 2.12. The molecule has 0 radical (unpaired) electrons.